The molecule has 4 aliphatic rings. The second-order valence-electron chi connectivity index (χ2n) is 21.2. The lowest BCUT2D eigenvalue weighted by Gasteiger charge is -2.40. The number of amides is 4. The highest BCUT2D eigenvalue weighted by atomic mass is 32.1. The Hall–Kier alpha value is -5.75. The van der Waals surface area contributed by atoms with Gasteiger partial charge < -0.3 is 49.3 Å². The molecule has 3 saturated heterocycles. The maximum Gasteiger partial charge on any atom is 0.407 e. The van der Waals surface area contributed by atoms with Crippen LogP contribution in [0, 0.1) is 24.6 Å². The van der Waals surface area contributed by atoms with Crippen molar-refractivity contribution in [2.24, 2.45) is 11.8 Å². The number of aromatic nitrogens is 6. The quantitative estimate of drug-likeness (QED) is 0.0906. The molecule has 6 aromatic rings. The maximum absolute atomic E-state index is 17.1. The van der Waals surface area contributed by atoms with Gasteiger partial charge in [0.1, 0.15) is 35.3 Å². The van der Waals surface area contributed by atoms with Crippen molar-refractivity contribution in [3.63, 3.8) is 0 Å². The van der Waals surface area contributed by atoms with E-state index in [1.54, 1.807) is 28.6 Å². The molecule has 0 aliphatic carbocycles. The van der Waals surface area contributed by atoms with E-state index in [1.807, 2.05) is 68.4 Å². The molecular formula is C54H71FN10O8S4. The van der Waals surface area contributed by atoms with E-state index in [9.17, 15) is 19.2 Å². The maximum atomic E-state index is 17.1. The van der Waals surface area contributed by atoms with Gasteiger partial charge in [0, 0.05) is 42.1 Å². The summed E-state index contributed by atoms with van der Waals surface area (Å²) in [4.78, 5) is 79.0. The Bertz CT molecular complexity index is 3140. The Morgan fingerprint density at radius 2 is 1.45 bits per heavy atom. The standard InChI is InChI=1S/C54H65FN10O8S.3H2S/c1-27(2)43(61-52(68)70-8)49(66)63-17-10-12-38(63)47-57-26-36(60-47)32-21-34(55)42-40-22-33-20-30(14-15-37(33)65(40)51(73-41(42)23-32)45-29(5)58-48(74-45)28(3)4)35-25-56-46(59-35)39-13-11-18-64(39)50(67)44(62-53(69)71-9)31-16-19-72-54(6,7)24-31;;;/h14-15,20-23,25-28,31,38-39,43-44,51H,10-13,16-19,24H2,1-9H3,(H,56,59)(H,57,60)(H,61,68)(H,62,69);3*1H2/t31?,38-,39-,43-,44?,51?;;;/m0.../s1. The predicted molar refractivity (Wildman–Crippen MR) is 307 cm³/mol. The number of nitrogens with zero attached hydrogens (tertiary/aromatic N) is 6. The van der Waals surface area contributed by atoms with Gasteiger partial charge in [-0.3, -0.25) is 14.2 Å². The van der Waals surface area contributed by atoms with Crippen molar-refractivity contribution < 1.29 is 42.5 Å². The van der Waals surface area contributed by atoms with Crippen molar-refractivity contribution in [3.05, 3.63) is 81.8 Å². The first kappa shape index (κ1) is 58.9. The zero-order valence-corrected chi connectivity index (χ0v) is 48.7. The fourth-order valence-corrected chi connectivity index (χ4v) is 12.4. The number of aryl methyl sites for hydroxylation is 1. The van der Waals surface area contributed by atoms with Gasteiger partial charge in [-0.2, -0.15) is 40.5 Å². The number of carbonyl (C=O) groups is 4. The number of aromatic amines is 2. The minimum atomic E-state index is -0.781. The molecule has 4 aliphatic heterocycles. The summed E-state index contributed by atoms with van der Waals surface area (Å²) in [5.41, 5.74) is 4.89. The molecule has 6 atom stereocenters. The predicted octanol–water partition coefficient (Wildman–Crippen LogP) is 10.0. The van der Waals surface area contributed by atoms with E-state index in [1.165, 1.54) is 20.3 Å². The summed E-state index contributed by atoms with van der Waals surface area (Å²) < 4.78 is 41.8. The number of rotatable bonds is 12. The summed E-state index contributed by atoms with van der Waals surface area (Å²) in [6, 6.07) is 9.13. The third-order valence-corrected chi connectivity index (χ3v) is 16.5. The largest absolute Gasteiger partial charge is 0.464 e. The minimum Gasteiger partial charge on any atom is -0.464 e. The number of nitrogens with one attached hydrogen (secondary N) is 4. The smallest absolute Gasteiger partial charge is 0.407 e. The van der Waals surface area contributed by atoms with Gasteiger partial charge in [-0.1, -0.05) is 33.8 Å². The van der Waals surface area contributed by atoms with Crippen molar-refractivity contribution in [1.82, 2.24) is 49.9 Å². The summed E-state index contributed by atoms with van der Waals surface area (Å²) in [6.07, 6.45) is 5.58. The first-order valence-corrected chi connectivity index (χ1v) is 26.4. The molecule has 23 heteroatoms. The number of alkyl carbamates (subject to hydrolysis) is 2. The number of imidazole rings is 2. The third-order valence-electron chi connectivity index (χ3n) is 15.0. The van der Waals surface area contributed by atoms with E-state index in [0.29, 0.717) is 85.3 Å². The number of fused-ring (bicyclic) bond motifs is 5. The van der Waals surface area contributed by atoms with Gasteiger partial charge in [0.25, 0.3) is 0 Å². The number of benzene rings is 2. The summed E-state index contributed by atoms with van der Waals surface area (Å²) in [6.45, 7) is 15.4. The van der Waals surface area contributed by atoms with E-state index in [-0.39, 0.29) is 82.1 Å². The van der Waals surface area contributed by atoms with Crippen molar-refractivity contribution >= 4 is 86.7 Å². The number of thiazole rings is 1. The molecule has 0 spiro atoms. The molecule has 18 nitrogen and oxygen atoms in total. The average Bonchev–Trinajstić information content (AvgIpc) is 4.25. The number of carbonyl (C=O) groups excluding carboxylic acids is 4. The molecular weight excluding hydrogens is 1060 g/mol. The summed E-state index contributed by atoms with van der Waals surface area (Å²) >= 11 is 1.58. The molecule has 4 aromatic heterocycles. The molecule has 3 fully saturated rings. The third kappa shape index (κ3) is 11.4. The normalized spacial score (nSPS) is 20.3. The summed E-state index contributed by atoms with van der Waals surface area (Å²) in [5, 5.41) is 7.37. The van der Waals surface area contributed by atoms with Crippen LogP contribution in [0.15, 0.2) is 48.8 Å². The molecule has 10 rings (SSSR count). The van der Waals surface area contributed by atoms with Crippen LogP contribution in [0.5, 0.6) is 5.75 Å². The first-order valence-electron chi connectivity index (χ1n) is 25.6. The topological polar surface area (TPSA) is 211 Å². The lowest BCUT2D eigenvalue weighted by Crippen LogP contribution is -2.54. The van der Waals surface area contributed by atoms with Gasteiger partial charge in [0.15, 0.2) is 0 Å². The highest BCUT2D eigenvalue weighted by molar-refractivity contribution is 7.59. The minimum absolute atomic E-state index is 0. The highest BCUT2D eigenvalue weighted by Crippen LogP contribution is 2.49. The fraction of sp³-hybridized carbons (Fsp3) is 0.500. The van der Waals surface area contributed by atoms with Crippen LogP contribution in [0.1, 0.15) is 132 Å². The fourth-order valence-electron chi connectivity index (χ4n) is 11.3. The zero-order chi connectivity index (χ0) is 52.3. The van der Waals surface area contributed by atoms with E-state index >= 15 is 4.39 Å². The van der Waals surface area contributed by atoms with Gasteiger partial charge in [-0.25, -0.2) is 28.9 Å². The van der Waals surface area contributed by atoms with Crippen LogP contribution >= 0.6 is 51.8 Å². The molecule has 8 heterocycles. The van der Waals surface area contributed by atoms with Crippen LogP contribution in [0.4, 0.5) is 14.0 Å². The molecule has 0 bridgehead atoms. The number of ether oxygens (including phenoxy) is 4. The second-order valence-corrected chi connectivity index (χ2v) is 22.3. The number of halogens is 1. The number of hydrogen-bond acceptors (Lipinski definition) is 12. The van der Waals surface area contributed by atoms with Crippen molar-refractivity contribution in [2.75, 3.05) is 33.9 Å². The number of H-pyrrole nitrogens is 2. The second kappa shape index (κ2) is 23.7. The van der Waals surface area contributed by atoms with E-state index in [4.69, 9.17) is 33.9 Å². The van der Waals surface area contributed by atoms with Crippen LogP contribution < -0.4 is 15.4 Å². The Morgan fingerprint density at radius 1 is 0.831 bits per heavy atom. The summed E-state index contributed by atoms with van der Waals surface area (Å²) in [5.74, 6) is 0.573. The van der Waals surface area contributed by atoms with E-state index < -0.39 is 41.9 Å². The highest BCUT2D eigenvalue weighted by Gasteiger charge is 2.44. The Kier molecular flexibility index (Phi) is 18.1. The molecule has 4 amide bonds. The summed E-state index contributed by atoms with van der Waals surface area (Å²) in [7, 11) is 2.57. The van der Waals surface area contributed by atoms with Gasteiger partial charge in [-0.15, -0.1) is 11.3 Å². The van der Waals surface area contributed by atoms with Crippen molar-refractivity contribution in [3.8, 4) is 39.5 Å². The molecule has 77 heavy (non-hydrogen) atoms. The SMILES string of the molecule is COC(=O)NC(C(=O)N1CCC[C@H]1c1ncc(-c2ccc3c(c2)cc2n3C(c3sc(C(C)C)nc3C)Oc3cc(-c4cnc([C@@H]5CCCN5C(=O)[C@@H](NC(=O)OC)C(C)C)[nH]4)cc(F)c3-2)[nH]1)C1CCOC(C)(C)C1.S.S.S. The Morgan fingerprint density at radius 3 is 2.05 bits per heavy atom. The van der Waals surface area contributed by atoms with Gasteiger partial charge >= 0.3 is 12.2 Å². The number of likely N-dealkylation sites (tertiary alicyclic amines) is 2. The molecule has 2 aromatic carbocycles. The molecule has 0 radical (unpaired) electrons. The lowest BCUT2D eigenvalue weighted by molar-refractivity contribution is -0.139. The van der Waals surface area contributed by atoms with Crippen LogP contribution in [-0.4, -0.2) is 115 Å². The molecule has 0 saturated carbocycles. The van der Waals surface area contributed by atoms with Crippen LogP contribution in [0.3, 0.4) is 0 Å². The number of hydrogen-bond donors (Lipinski definition) is 4. The Labute approximate surface area is 472 Å². The van der Waals surface area contributed by atoms with Crippen LogP contribution in [0.25, 0.3) is 44.7 Å². The van der Waals surface area contributed by atoms with Crippen LogP contribution in [-0.2, 0) is 23.8 Å². The lowest BCUT2D eigenvalue weighted by atomic mass is 9.82. The molecule has 4 N–H and O–H groups in total. The van der Waals surface area contributed by atoms with Gasteiger partial charge in [0.05, 0.1) is 88.0 Å². The van der Waals surface area contributed by atoms with E-state index in [2.05, 4.69) is 40.5 Å². The Balaban J connectivity index is 0.00000287. The molecule has 3 unspecified atom stereocenters. The average molecular weight is 1140 g/mol. The van der Waals surface area contributed by atoms with Crippen molar-refractivity contribution in [1.29, 1.82) is 0 Å². The van der Waals surface area contributed by atoms with Gasteiger partial charge in [-0.05, 0) is 101 Å². The first-order chi connectivity index (χ1) is 35.4. The van der Waals surface area contributed by atoms with E-state index in [0.717, 1.165) is 50.6 Å². The monoisotopic (exact) mass is 1130 g/mol. The van der Waals surface area contributed by atoms with Crippen LogP contribution in [0.2, 0.25) is 0 Å². The van der Waals surface area contributed by atoms with Crippen molar-refractivity contribution in [2.45, 2.75) is 129 Å². The number of methoxy groups -OCH3 is 2. The zero-order valence-electron chi connectivity index (χ0n) is 44.8. The molecule has 416 valence electrons. The van der Waals surface area contributed by atoms with Gasteiger partial charge in [0.2, 0.25) is 18.0 Å².